The Hall–Kier alpha value is -0.850. The summed E-state index contributed by atoms with van der Waals surface area (Å²) in [5.74, 6) is -0.309. The van der Waals surface area contributed by atoms with Crippen molar-refractivity contribution in [1.29, 1.82) is 0 Å². The van der Waals surface area contributed by atoms with Gasteiger partial charge in [-0.15, -0.1) is 12.4 Å². The zero-order valence-electron chi connectivity index (χ0n) is 8.63. The fourth-order valence-corrected chi connectivity index (χ4v) is 1.30. The summed E-state index contributed by atoms with van der Waals surface area (Å²) in [7, 11) is 1.47. The molecule has 0 saturated carbocycles. The van der Waals surface area contributed by atoms with E-state index in [-0.39, 0.29) is 24.9 Å². The van der Waals surface area contributed by atoms with E-state index < -0.39 is 6.03 Å². The predicted octanol–water partition coefficient (Wildman–Crippen LogP) is -1.18. The van der Waals surface area contributed by atoms with E-state index >= 15 is 0 Å². The van der Waals surface area contributed by atoms with Gasteiger partial charge in [0.2, 0.25) is 5.91 Å². The second kappa shape index (κ2) is 7.44. The summed E-state index contributed by atoms with van der Waals surface area (Å²) in [5.41, 5.74) is 0. The van der Waals surface area contributed by atoms with Gasteiger partial charge in [0.15, 0.2) is 0 Å². The Morgan fingerprint density at radius 1 is 1.47 bits per heavy atom. The Labute approximate surface area is 95.0 Å². The van der Waals surface area contributed by atoms with Crippen molar-refractivity contribution in [3.63, 3.8) is 0 Å². The zero-order valence-corrected chi connectivity index (χ0v) is 9.45. The number of carbonyl (C=O) groups is 2. The highest BCUT2D eigenvalue weighted by Crippen LogP contribution is 1.95. The molecule has 1 rings (SSSR count). The topological polar surface area (TPSA) is 82.3 Å². The number of halogens is 1. The third kappa shape index (κ3) is 5.56. The first kappa shape index (κ1) is 14.2. The van der Waals surface area contributed by atoms with Gasteiger partial charge in [0.25, 0.3) is 0 Å². The molecule has 1 aliphatic heterocycles. The zero-order chi connectivity index (χ0) is 10.4. The van der Waals surface area contributed by atoms with Crippen LogP contribution in [-0.2, 0) is 4.79 Å². The van der Waals surface area contributed by atoms with Gasteiger partial charge in [-0.2, -0.15) is 0 Å². The van der Waals surface area contributed by atoms with Gasteiger partial charge in [0.05, 0.1) is 6.54 Å². The van der Waals surface area contributed by atoms with Crippen molar-refractivity contribution in [2.24, 2.45) is 0 Å². The van der Waals surface area contributed by atoms with Crippen LogP contribution in [0.15, 0.2) is 0 Å². The molecular formula is C8H17ClN4O2. The highest BCUT2D eigenvalue weighted by molar-refractivity contribution is 5.95. The molecule has 1 aliphatic rings. The fraction of sp³-hybridized carbons (Fsp3) is 0.750. The molecule has 3 amide bonds. The number of imide groups is 1. The molecule has 4 N–H and O–H groups in total. The van der Waals surface area contributed by atoms with Crippen LogP contribution in [-0.4, -0.2) is 44.7 Å². The molecule has 0 spiro atoms. The summed E-state index contributed by atoms with van der Waals surface area (Å²) >= 11 is 0. The smallest absolute Gasteiger partial charge is 0.321 e. The SMILES string of the molecule is CNC(=O)NC(=O)CNC1CCNC1.Cl. The molecule has 15 heavy (non-hydrogen) atoms. The van der Waals surface area contributed by atoms with Crippen LogP contribution >= 0.6 is 12.4 Å². The van der Waals surface area contributed by atoms with Gasteiger partial charge in [0, 0.05) is 19.6 Å². The first-order valence-electron chi connectivity index (χ1n) is 4.68. The van der Waals surface area contributed by atoms with Crippen LogP contribution in [0.4, 0.5) is 4.79 Å². The number of hydrogen-bond donors (Lipinski definition) is 4. The lowest BCUT2D eigenvalue weighted by Crippen LogP contribution is -2.44. The van der Waals surface area contributed by atoms with Crippen molar-refractivity contribution in [1.82, 2.24) is 21.3 Å². The quantitative estimate of drug-likeness (QED) is 0.497. The molecule has 0 bridgehead atoms. The van der Waals surface area contributed by atoms with Crippen LogP contribution in [0.25, 0.3) is 0 Å². The summed E-state index contributed by atoms with van der Waals surface area (Å²) in [6, 6.07) is -0.133. The third-order valence-corrected chi connectivity index (χ3v) is 2.09. The average Bonchev–Trinajstić information content (AvgIpc) is 2.67. The van der Waals surface area contributed by atoms with Crippen molar-refractivity contribution >= 4 is 24.3 Å². The Balaban J connectivity index is 0.00000196. The molecule has 0 radical (unpaired) electrons. The molecule has 1 heterocycles. The minimum Gasteiger partial charge on any atom is -0.341 e. The van der Waals surface area contributed by atoms with E-state index in [9.17, 15) is 9.59 Å². The molecule has 0 aliphatic carbocycles. The maximum absolute atomic E-state index is 11.1. The lowest BCUT2D eigenvalue weighted by atomic mass is 10.2. The van der Waals surface area contributed by atoms with E-state index in [1.54, 1.807) is 0 Å². The van der Waals surface area contributed by atoms with Gasteiger partial charge >= 0.3 is 6.03 Å². The van der Waals surface area contributed by atoms with Gasteiger partial charge in [-0.25, -0.2) is 4.79 Å². The van der Waals surface area contributed by atoms with Crippen LogP contribution in [0.5, 0.6) is 0 Å². The maximum atomic E-state index is 11.1. The van der Waals surface area contributed by atoms with E-state index in [1.165, 1.54) is 7.05 Å². The summed E-state index contributed by atoms with van der Waals surface area (Å²) in [5, 5.41) is 10.7. The molecule has 1 saturated heterocycles. The number of carbonyl (C=O) groups excluding carboxylic acids is 2. The second-order valence-electron chi connectivity index (χ2n) is 3.20. The summed E-state index contributed by atoms with van der Waals surface area (Å²) in [4.78, 5) is 21.8. The summed E-state index contributed by atoms with van der Waals surface area (Å²) in [6.07, 6.45) is 1.02. The molecule has 0 aromatic heterocycles. The number of nitrogens with one attached hydrogen (secondary N) is 4. The van der Waals surface area contributed by atoms with E-state index in [0.717, 1.165) is 19.5 Å². The molecule has 88 valence electrons. The molecule has 0 aromatic rings. The van der Waals surface area contributed by atoms with E-state index in [1.807, 2.05) is 0 Å². The van der Waals surface area contributed by atoms with Gasteiger partial charge < -0.3 is 16.0 Å². The molecule has 6 nitrogen and oxygen atoms in total. The monoisotopic (exact) mass is 236 g/mol. The second-order valence-corrected chi connectivity index (χ2v) is 3.20. The maximum Gasteiger partial charge on any atom is 0.321 e. The lowest BCUT2D eigenvalue weighted by molar-refractivity contribution is -0.119. The lowest BCUT2D eigenvalue weighted by Gasteiger charge is -2.10. The Bertz CT molecular complexity index is 219. The number of urea groups is 1. The van der Waals surface area contributed by atoms with Crippen LogP contribution in [0.2, 0.25) is 0 Å². The largest absolute Gasteiger partial charge is 0.341 e. The summed E-state index contributed by atoms with van der Waals surface area (Å²) < 4.78 is 0. The Morgan fingerprint density at radius 3 is 2.73 bits per heavy atom. The number of hydrogen-bond acceptors (Lipinski definition) is 4. The van der Waals surface area contributed by atoms with Gasteiger partial charge in [-0.1, -0.05) is 0 Å². The fourth-order valence-electron chi connectivity index (χ4n) is 1.30. The van der Waals surface area contributed by atoms with Gasteiger partial charge in [0.1, 0.15) is 0 Å². The highest BCUT2D eigenvalue weighted by Gasteiger charge is 2.15. The minimum atomic E-state index is -0.471. The molecule has 1 fully saturated rings. The van der Waals surface area contributed by atoms with Crippen LogP contribution < -0.4 is 21.3 Å². The van der Waals surface area contributed by atoms with E-state index in [4.69, 9.17) is 0 Å². The average molecular weight is 237 g/mol. The van der Waals surface area contributed by atoms with Crippen LogP contribution in [0.1, 0.15) is 6.42 Å². The normalized spacial score (nSPS) is 19.1. The standard InChI is InChI=1S/C8H16N4O2.ClH/c1-9-8(14)12-7(13)5-11-6-2-3-10-4-6;/h6,10-11H,2-5H2,1H3,(H2,9,12,13,14);1H. The number of rotatable bonds is 3. The summed E-state index contributed by atoms with van der Waals surface area (Å²) in [6.45, 7) is 2.04. The van der Waals surface area contributed by atoms with E-state index in [0.29, 0.717) is 6.04 Å². The van der Waals surface area contributed by atoms with Crippen molar-refractivity contribution < 1.29 is 9.59 Å². The molecule has 0 aromatic carbocycles. The molecule has 1 unspecified atom stereocenters. The van der Waals surface area contributed by atoms with Crippen molar-refractivity contribution in [3.05, 3.63) is 0 Å². The number of amides is 3. The highest BCUT2D eigenvalue weighted by atomic mass is 35.5. The Kier molecular flexibility index (Phi) is 7.02. The van der Waals surface area contributed by atoms with Gasteiger partial charge in [-0.3, -0.25) is 10.1 Å². The predicted molar refractivity (Wildman–Crippen MR) is 59.1 cm³/mol. The first-order valence-corrected chi connectivity index (χ1v) is 4.68. The molecule has 1 atom stereocenters. The van der Waals surface area contributed by atoms with Crippen LogP contribution in [0, 0.1) is 0 Å². The Morgan fingerprint density at radius 2 is 2.20 bits per heavy atom. The van der Waals surface area contributed by atoms with E-state index in [2.05, 4.69) is 21.3 Å². The molecular weight excluding hydrogens is 220 g/mol. The minimum absolute atomic E-state index is 0. The van der Waals surface area contributed by atoms with Crippen LogP contribution in [0.3, 0.4) is 0 Å². The first-order chi connectivity index (χ1) is 6.72. The van der Waals surface area contributed by atoms with Gasteiger partial charge in [-0.05, 0) is 13.0 Å². The van der Waals surface area contributed by atoms with Crippen molar-refractivity contribution in [2.75, 3.05) is 26.7 Å². The molecule has 7 heteroatoms. The van der Waals surface area contributed by atoms with Crippen molar-refractivity contribution in [3.8, 4) is 0 Å². The van der Waals surface area contributed by atoms with Crippen molar-refractivity contribution in [2.45, 2.75) is 12.5 Å². The third-order valence-electron chi connectivity index (χ3n) is 2.09.